The van der Waals surface area contributed by atoms with Gasteiger partial charge in [-0.05, 0) is 48.9 Å². The van der Waals surface area contributed by atoms with Gasteiger partial charge in [0.15, 0.2) is 0 Å². The number of halogens is 1. The van der Waals surface area contributed by atoms with Crippen molar-refractivity contribution in [3.63, 3.8) is 0 Å². The van der Waals surface area contributed by atoms with Crippen LogP contribution in [0.3, 0.4) is 0 Å². The van der Waals surface area contributed by atoms with Crippen molar-refractivity contribution >= 4 is 17.5 Å². The van der Waals surface area contributed by atoms with E-state index in [1.165, 1.54) is 0 Å². The van der Waals surface area contributed by atoms with E-state index in [1.807, 2.05) is 18.2 Å². The van der Waals surface area contributed by atoms with Crippen LogP contribution in [0.15, 0.2) is 47.8 Å². The van der Waals surface area contributed by atoms with Crippen LogP contribution < -0.4 is 5.56 Å². The summed E-state index contributed by atoms with van der Waals surface area (Å²) in [6.07, 6.45) is 5.65. The number of rotatable bonds is 5. The lowest BCUT2D eigenvalue weighted by Gasteiger charge is -2.24. The monoisotopic (exact) mass is 370 g/mol. The highest BCUT2D eigenvalue weighted by Crippen LogP contribution is 2.22. The molecule has 0 bridgehead atoms. The van der Waals surface area contributed by atoms with Crippen LogP contribution in [-0.2, 0) is 26.4 Å². The highest BCUT2D eigenvalue weighted by molar-refractivity contribution is 6.31. The van der Waals surface area contributed by atoms with Crippen molar-refractivity contribution in [3.8, 4) is 0 Å². The van der Waals surface area contributed by atoms with Crippen LogP contribution in [0.1, 0.15) is 40.0 Å². The summed E-state index contributed by atoms with van der Waals surface area (Å²) in [5.74, 6) is -0.279. The van der Waals surface area contributed by atoms with E-state index < -0.39 is 0 Å². The van der Waals surface area contributed by atoms with E-state index in [9.17, 15) is 9.59 Å². The minimum absolute atomic E-state index is 0.224. The Labute approximate surface area is 158 Å². The molecule has 0 N–H and O–H groups in total. The van der Waals surface area contributed by atoms with E-state index in [-0.39, 0.29) is 17.0 Å². The highest BCUT2D eigenvalue weighted by Gasteiger charge is 2.23. The lowest BCUT2D eigenvalue weighted by Crippen LogP contribution is -2.37. The van der Waals surface area contributed by atoms with Crippen molar-refractivity contribution in [2.75, 3.05) is 6.54 Å². The Balaban J connectivity index is 1.97. The Hall–Kier alpha value is -2.33. The summed E-state index contributed by atoms with van der Waals surface area (Å²) in [6.45, 7) is 4.43. The van der Waals surface area contributed by atoms with Gasteiger partial charge < -0.3 is 9.47 Å². The largest absolute Gasteiger partial charge is 0.330 e. The third-order valence-corrected chi connectivity index (χ3v) is 5.29. The van der Waals surface area contributed by atoms with Crippen LogP contribution in [0.25, 0.3) is 0 Å². The fourth-order valence-electron chi connectivity index (χ4n) is 3.52. The van der Waals surface area contributed by atoms with Crippen molar-refractivity contribution in [1.29, 1.82) is 0 Å². The van der Waals surface area contributed by atoms with Gasteiger partial charge in [0.25, 0.3) is 11.5 Å². The second kappa shape index (κ2) is 7.92. The molecule has 26 heavy (non-hydrogen) atoms. The van der Waals surface area contributed by atoms with Gasteiger partial charge in [-0.3, -0.25) is 9.59 Å². The summed E-state index contributed by atoms with van der Waals surface area (Å²) in [5, 5.41) is 0.604. The van der Waals surface area contributed by atoms with Crippen molar-refractivity contribution < 1.29 is 4.79 Å². The molecule has 3 rings (SSSR count). The lowest BCUT2D eigenvalue weighted by molar-refractivity contribution is 0.0760. The molecule has 0 fully saturated rings. The second-order valence-electron chi connectivity index (χ2n) is 6.67. The molecule has 1 aromatic carbocycles. The van der Waals surface area contributed by atoms with Gasteiger partial charge in [-0.25, -0.2) is 0 Å². The van der Waals surface area contributed by atoms with E-state index in [4.69, 9.17) is 11.6 Å². The molecule has 0 spiro atoms. The lowest BCUT2D eigenvalue weighted by atomic mass is 9.94. The smallest absolute Gasteiger partial charge is 0.263 e. The number of amides is 1. The zero-order valence-corrected chi connectivity index (χ0v) is 15.8. The molecule has 2 aromatic rings. The molecular formula is C21H23ClN2O2. The van der Waals surface area contributed by atoms with Crippen molar-refractivity contribution in [3.05, 3.63) is 80.7 Å². The Kier molecular flexibility index (Phi) is 5.62. The molecule has 1 aromatic heterocycles. The maximum atomic E-state index is 13.1. The minimum atomic E-state index is -0.279. The van der Waals surface area contributed by atoms with E-state index in [1.54, 1.807) is 34.7 Å². The fraction of sp³-hybridized carbons (Fsp3) is 0.333. The van der Waals surface area contributed by atoms with E-state index in [2.05, 4.69) is 6.58 Å². The molecule has 4 nitrogen and oxygen atoms in total. The number of fused-ring (bicyclic) bond motifs is 1. The van der Waals surface area contributed by atoms with Crippen molar-refractivity contribution in [2.24, 2.45) is 7.05 Å². The Morgan fingerprint density at radius 1 is 1.31 bits per heavy atom. The van der Waals surface area contributed by atoms with E-state index in [0.29, 0.717) is 18.1 Å². The SMILES string of the molecule is C=CCN(Cc1ccccc1Cl)C(=O)c1cc2c(n(C)c1=O)CCCC2. The average Bonchev–Trinajstić information content (AvgIpc) is 2.65. The molecule has 0 atom stereocenters. The third kappa shape index (κ3) is 3.61. The highest BCUT2D eigenvalue weighted by atomic mass is 35.5. The second-order valence-corrected chi connectivity index (χ2v) is 7.07. The van der Waals surface area contributed by atoms with Crippen LogP contribution in [0.2, 0.25) is 5.02 Å². The Morgan fingerprint density at radius 2 is 2.04 bits per heavy atom. The first kappa shape index (κ1) is 18.5. The summed E-state index contributed by atoms with van der Waals surface area (Å²) >= 11 is 6.24. The zero-order valence-electron chi connectivity index (χ0n) is 15.0. The van der Waals surface area contributed by atoms with Crippen LogP contribution in [0, 0.1) is 0 Å². The van der Waals surface area contributed by atoms with Crippen LogP contribution in [0.4, 0.5) is 0 Å². The topological polar surface area (TPSA) is 42.3 Å². The number of aryl methyl sites for hydroxylation is 1. The predicted molar refractivity (Wildman–Crippen MR) is 105 cm³/mol. The number of aromatic nitrogens is 1. The van der Waals surface area contributed by atoms with Gasteiger partial charge in [-0.1, -0.05) is 35.9 Å². The molecule has 0 unspecified atom stereocenters. The number of hydrogen-bond donors (Lipinski definition) is 0. The fourth-order valence-corrected chi connectivity index (χ4v) is 3.72. The molecule has 136 valence electrons. The summed E-state index contributed by atoms with van der Waals surface area (Å²) in [7, 11) is 1.76. The summed E-state index contributed by atoms with van der Waals surface area (Å²) < 4.78 is 1.64. The first-order valence-corrected chi connectivity index (χ1v) is 9.26. The zero-order chi connectivity index (χ0) is 18.7. The standard InChI is InChI=1S/C21H23ClN2O2/c1-3-12-24(14-16-9-4-6-10-18(16)22)21(26)17-13-15-8-5-7-11-19(15)23(2)20(17)25/h3-4,6,9-10,13H,1,5,7-8,11-12,14H2,2H3. The molecule has 5 heteroatoms. The van der Waals surface area contributed by atoms with Gasteiger partial charge in [0.05, 0.1) is 0 Å². The number of carbonyl (C=O) groups excluding carboxylic acids is 1. The number of nitrogens with zero attached hydrogens (tertiary/aromatic N) is 2. The first-order chi connectivity index (χ1) is 12.5. The van der Waals surface area contributed by atoms with Gasteiger partial charge in [0, 0.05) is 30.9 Å². The summed E-state index contributed by atoms with van der Waals surface area (Å²) in [5.41, 5.74) is 3.00. The predicted octanol–water partition coefficient (Wildman–Crippen LogP) is 3.75. The van der Waals surface area contributed by atoms with E-state index >= 15 is 0 Å². The van der Waals surface area contributed by atoms with Gasteiger partial charge in [-0.2, -0.15) is 0 Å². The van der Waals surface area contributed by atoms with E-state index in [0.717, 1.165) is 42.5 Å². The minimum Gasteiger partial charge on any atom is -0.330 e. The normalized spacial score (nSPS) is 13.2. The summed E-state index contributed by atoms with van der Waals surface area (Å²) in [4.78, 5) is 27.5. The number of pyridine rings is 1. The Morgan fingerprint density at radius 3 is 2.77 bits per heavy atom. The van der Waals surface area contributed by atoms with Crippen LogP contribution in [-0.4, -0.2) is 21.9 Å². The molecule has 1 aliphatic carbocycles. The van der Waals surface area contributed by atoms with Crippen molar-refractivity contribution in [2.45, 2.75) is 32.2 Å². The quantitative estimate of drug-likeness (QED) is 0.752. The molecule has 1 heterocycles. The van der Waals surface area contributed by atoms with Gasteiger partial charge in [-0.15, -0.1) is 6.58 Å². The third-order valence-electron chi connectivity index (χ3n) is 4.93. The molecule has 0 aliphatic heterocycles. The molecule has 1 aliphatic rings. The summed E-state index contributed by atoms with van der Waals surface area (Å²) in [6, 6.07) is 9.21. The number of hydrogen-bond acceptors (Lipinski definition) is 2. The number of carbonyl (C=O) groups is 1. The number of benzene rings is 1. The molecule has 1 amide bonds. The Bertz CT molecular complexity index is 901. The molecule has 0 radical (unpaired) electrons. The van der Waals surface area contributed by atoms with Crippen LogP contribution >= 0.6 is 11.6 Å². The van der Waals surface area contributed by atoms with Crippen molar-refractivity contribution in [1.82, 2.24) is 9.47 Å². The van der Waals surface area contributed by atoms with Gasteiger partial charge in [0.1, 0.15) is 5.56 Å². The maximum absolute atomic E-state index is 13.1. The van der Waals surface area contributed by atoms with Gasteiger partial charge >= 0.3 is 0 Å². The average molecular weight is 371 g/mol. The van der Waals surface area contributed by atoms with Crippen LogP contribution in [0.5, 0.6) is 0 Å². The molecular weight excluding hydrogens is 348 g/mol. The maximum Gasteiger partial charge on any atom is 0.263 e. The molecule has 0 saturated heterocycles. The molecule has 0 saturated carbocycles. The first-order valence-electron chi connectivity index (χ1n) is 8.88. The van der Waals surface area contributed by atoms with Gasteiger partial charge in [0.2, 0.25) is 0 Å².